The number of hydrogen-bond donors (Lipinski definition) is 2. The van der Waals surface area contributed by atoms with Gasteiger partial charge < -0.3 is 15.4 Å². The Morgan fingerprint density at radius 2 is 2.25 bits per heavy atom. The highest BCUT2D eigenvalue weighted by molar-refractivity contribution is 5.76. The lowest BCUT2D eigenvalue weighted by Crippen LogP contribution is -2.28. The van der Waals surface area contributed by atoms with Crippen molar-refractivity contribution in [2.24, 2.45) is 5.92 Å². The summed E-state index contributed by atoms with van der Waals surface area (Å²) in [7, 11) is 0. The molecule has 0 bridgehead atoms. The lowest BCUT2D eigenvalue weighted by molar-refractivity contribution is -0.120. The number of ether oxygens (including phenoxy) is 1. The van der Waals surface area contributed by atoms with Gasteiger partial charge in [0.2, 0.25) is 5.91 Å². The van der Waals surface area contributed by atoms with E-state index in [4.69, 9.17) is 4.74 Å². The third-order valence-electron chi connectivity index (χ3n) is 2.58. The van der Waals surface area contributed by atoms with Crippen molar-refractivity contribution in [3.63, 3.8) is 0 Å². The van der Waals surface area contributed by atoms with Crippen molar-refractivity contribution >= 4 is 11.7 Å². The zero-order valence-corrected chi connectivity index (χ0v) is 12.6. The van der Waals surface area contributed by atoms with Gasteiger partial charge in [-0.15, -0.1) is 0 Å². The van der Waals surface area contributed by atoms with Crippen molar-refractivity contribution < 1.29 is 9.53 Å². The molecule has 0 aromatic carbocycles. The number of nitrogens with one attached hydrogen (secondary N) is 2. The summed E-state index contributed by atoms with van der Waals surface area (Å²) < 4.78 is 5.60. The van der Waals surface area contributed by atoms with Crippen LogP contribution in [0.3, 0.4) is 0 Å². The van der Waals surface area contributed by atoms with Crippen LogP contribution in [0.4, 0.5) is 5.82 Å². The Morgan fingerprint density at radius 3 is 2.95 bits per heavy atom. The molecule has 1 aromatic rings. The second-order valence-electron chi connectivity index (χ2n) is 5.07. The number of hydrogen-bond acceptors (Lipinski definition) is 4. The van der Waals surface area contributed by atoms with Gasteiger partial charge in [-0.3, -0.25) is 4.79 Å². The van der Waals surface area contributed by atoms with Crippen molar-refractivity contribution in [3.8, 4) is 5.75 Å². The first kappa shape index (κ1) is 16.3. The second kappa shape index (κ2) is 9.18. The maximum atomic E-state index is 11.6. The van der Waals surface area contributed by atoms with Crippen LogP contribution in [-0.2, 0) is 4.79 Å². The molecule has 1 aromatic heterocycles. The standard InChI is InChI=1S/C15H25N3O2/c1-4-10-20-13-6-5-8-16-15(13)17-9-7-14(19)18-11-12(2)3/h5-6,8,12H,4,7,9-11H2,1-3H3,(H,16,17)(H,18,19). The Labute approximate surface area is 121 Å². The number of nitrogens with zero attached hydrogens (tertiary/aromatic N) is 1. The summed E-state index contributed by atoms with van der Waals surface area (Å²) in [4.78, 5) is 15.8. The molecule has 0 unspecified atom stereocenters. The van der Waals surface area contributed by atoms with Gasteiger partial charge >= 0.3 is 0 Å². The predicted molar refractivity (Wildman–Crippen MR) is 81.0 cm³/mol. The summed E-state index contributed by atoms with van der Waals surface area (Å²) in [6, 6.07) is 3.72. The molecule has 1 amide bonds. The molecule has 0 aliphatic carbocycles. The molecule has 5 heteroatoms. The van der Waals surface area contributed by atoms with Crippen LogP contribution in [0.5, 0.6) is 5.75 Å². The van der Waals surface area contributed by atoms with Crippen molar-refractivity contribution in [1.29, 1.82) is 0 Å². The van der Waals surface area contributed by atoms with Crippen molar-refractivity contribution in [2.45, 2.75) is 33.6 Å². The number of rotatable bonds is 9. The highest BCUT2D eigenvalue weighted by Crippen LogP contribution is 2.20. The van der Waals surface area contributed by atoms with Gasteiger partial charge in [0.1, 0.15) is 0 Å². The van der Waals surface area contributed by atoms with Gasteiger partial charge in [0.05, 0.1) is 6.61 Å². The Balaban J connectivity index is 2.36. The normalized spacial score (nSPS) is 10.4. The minimum absolute atomic E-state index is 0.0538. The number of anilines is 1. The molecule has 5 nitrogen and oxygen atoms in total. The van der Waals surface area contributed by atoms with Gasteiger partial charge in [0.25, 0.3) is 0 Å². The summed E-state index contributed by atoms with van der Waals surface area (Å²) in [5.74, 6) is 1.95. The quantitative estimate of drug-likeness (QED) is 0.729. The zero-order valence-electron chi connectivity index (χ0n) is 12.6. The molecule has 1 rings (SSSR count). The summed E-state index contributed by atoms with van der Waals surface area (Å²) in [5, 5.41) is 6.03. The molecule has 0 spiro atoms. The molecular formula is C15H25N3O2. The van der Waals surface area contributed by atoms with E-state index in [0.717, 1.165) is 12.2 Å². The molecule has 0 aliphatic heterocycles. The van der Waals surface area contributed by atoms with Crippen LogP contribution in [0.25, 0.3) is 0 Å². The van der Waals surface area contributed by atoms with Gasteiger partial charge in [-0.2, -0.15) is 0 Å². The second-order valence-corrected chi connectivity index (χ2v) is 5.07. The van der Waals surface area contributed by atoms with E-state index in [1.54, 1.807) is 6.20 Å². The first-order valence-corrected chi connectivity index (χ1v) is 7.21. The average Bonchev–Trinajstić information content (AvgIpc) is 2.44. The molecule has 1 heterocycles. The summed E-state index contributed by atoms with van der Waals surface area (Å²) in [6.45, 7) is 8.13. The number of carbonyl (C=O) groups is 1. The van der Waals surface area contributed by atoms with Crippen LogP contribution < -0.4 is 15.4 Å². The van der Waals surface area contributed by atoms with E-state index in [1.165, 1.54) is 0 Å². The summed E-state index contributed by atoms with van der Waals surface area (Å²) >= 11 is 0. The minimum atomic E-state index is 0.0538. The lowest BCUT2D eigenvalue weighted by atomic mass is 10.2. The summed E-state index contributed by atoms with van der Waals surface area (Å²) in [5.41, 5.74) is 0. The molecule has 2 N–H and O–H groups in total. The van der Waals surface area contributed by atoms with E-state index in [1.807, 2.05) is 12.1 Å². The van der Waals surface area contributed by atoms with Gasteiger partial charge in [-0.1, -0.05) is 20.8 Å². The molecule has 20 heavy (non-hydrogen) atoms. The molecule has 112 valence electrons. The number of amides is 1. The van der Waals surface area contributed by atoms with E-state index in [0.29, 0.717) is 37.9 Å². The predicted octanol–water partition coefficient (Wildman–Crippen LogP) is 2.44. The van der Waals surface area contributed by atoms with Crippen LogP contribution in [0, 0.1) is 5.92 Å². The van der Waals surface area contributed by atoms with Crippen LogP contribution in [-0.4, -0.2) is 30.6 Å². The highest BCUT2D eigenvalue weighted by Gasteiger charge is 2.06. The first-order valence-electron chi connectivity index (χ1n) is 7.21. The molecule has 0 aliphatic rings. The third kappa shape index (κ3) is 6.41. The Hall–Kier alpha value is -1.78. The van der Waals surface area contributed by atoms with E-state index < -0.39 is 0 Å². The van der Waals surface area contributed by atoms with E-state index in [-0.39, 0.29) is 5.91 Å². The molecular weight excluding hydrogens is 254 g/mol. The highest BCUT2D eigenvalue weighted by atomic mass is 16.5. The maximum absolute atomic E-state index is 11.6. The largest absolute Gasteiger partial charge is 0.490 e. The van der Waals surface area contributed by atoms with Crippen LogP contribution in [0.1, 0.15) is 33.6 Å². The minimum Gasteiger partial charge on any atom is -0.490 e. The first-order chi connectivity index (χ1) is 9.63. The Kier molecular flexibility index (Phi) is 7.47. The smallest absolute Gasteiger partial charge is 0.221 e. The third-order valence-corrected chi connectivity index (χ3v) is 2.58. The number of pyridine rings is 1. The molecule has 0 radical (unpaired) electrons. The van der Waals surface area contributed by atoms with Crippen LogP contribution in [0.15, 0.2) is 18.3 Å². The topological polar surface area (TPSA) is 63.2 Å². The molecule has 0 fully saturated rings. The Bertz CT molecular complexity index is 408. The van der Waals surface area contributed by atoms with E-state index in [2.05, 4.69) is 36.4 Å². The van der Waals surface area contributed by atoms with Crippen molar-refractivity contribution in [1.82, 2.24) is 10.3 Å². The van der Waals surface area contributed by atoms with Gasteiger partial charge in [-0.25, -0.2) is 4.98 Å². The van der Waals surface area contributed by atoms with Gasteiger partial charge in [0, 0.05) is 25.7 Å². The Morgan fingerprint density at radius 1 is 1.45 bits per heavy atom. The van der Waals surface area contributed by atoms with Crippen LogP contribution >= 0.6 is 0 Å². The maximum Gasteiger partial charge on any atom is 0.221 e. The van der Waals surface area contributed by atoms with Crippen molar-refractivity contribution in [3.05, 3.63) is 18.3 Å². The SMILES string of the molecule is CCCOc1cccnc1NCCC(=O)NCC(C)C. The summed E-state index contributed by atoms with van der Waals surface area (Å²) in [6.07, 6.45) is 3.09. The molecule has 0 atom stereocenters. The monoisotopic (exact) mass is 279 g/mol. The number of carbonyl (C=O) groups excluding carboxylic acids is 1. The van der Waals surface area contributed by atoms with Crippen LogP contribution in [0.2, 0.25) is 0 Å². The van der Waals surface area contributed by atoms with Gasteiger partial charge in [-0.05, 0) is 24.5 Å². The fourth-order valence-corrected chi connectivity index (χ4v) is 1.55. The van der Waals surface area contributed by atoms with Crippen molar-refractivity contribution in [2.75, 3.05) is 25.0 Å². The lowest BCUT2D eigenvalue weighted by Gasteiger charge is -2.12. The van der Waals surface area contributed by atoms with E-state index in [9.17, 15) is 4.79 Å². The fourth-order valence-electron chi connectivity index (χ4n) is 1.55. The molecule has 0 saturated heterocycles. The zero-order chi connectivity index (χ0) is 14.8. The number of aromatic nitrogens is 1. The van der Waals surface area contributed by atoms with E-state index >= 15 is 0 Å². The van der Waals surface area contributed by atoms with Gasteiger partial charge in [0.15, 0.2) is 11.6 Å². The molecule has 0 saturated carbocycles. The fraction of sp³-hybridized carbons (Fsp3) is 0.600. The average molecular weight is 279 g/mol.